The van der Waals surface area contributed by atoms with E-state index in [1.54, 1.807) is 6.20 Å². The predicted molar refractivity (Wildman–Crippen MR) is 69.6 cm³/mol. The quantitative estimate of drug-likeness (QED) is 0.741. The van der Waals surface area contributed by atoms with E-state index in [2.05, 4.69) is 31.3 Å². The van der Waals surface area contributed by atoms with Gasteiger partial charge in [-0.3, -0.25) is 0 Å². The Labute approximate surface area is 104 Å². The smallest absolute Gasteiger partial charge is 0.160 e. The zero-order chi connectivity index (χ0) is 12.4. The molecule has 5 heteroatoms. The highest BCUT2D eigenvalue weighted by molar-refractivity contribution is 5.85. The van der Waals surface area contributed by atoms with Crippen molar-refractivity contribution in [1.29, 1.82) is 0 Å². The second-order valence-corrected chi connectivity index (χ2v) is 3.97. The minimum absolute atomic E-state index is 0.688. The highest BCUT2D eigenvalue weighted by atomic mass is 15.0. The van der Waals surface area contributed by atoms with Crippen molar-refractivity contribution >= 4 is 22.5 Å². The molecule has 88 valence electrons. The second kappa shape index (κ2) is 4.37. The molecule has 0 aliphatic heterocycles. The summed E-state index contributed by atoms with van der Waals surface area (Å²) >= 11 is 0. The van der Waals surface area contributed by atoms with Crippen LogP contribution in [0.3, 0.4) is 0 Å². The first kappa shape index (κ1) is 10.6. The van der Waals surface area contributed by atoms with Gasteiger partial charge in [0.25, 0.3) is 0 Å². The van der Waals surface area contributed by atoms with Crippen molar-refractivity contribution in [2.45, 2.75) is 6.92 Å². The molecule has 3 aromatic rings. The van der Waals surface area contributed by atoms with Crippen LogP contribution in [0, 0.1) is 6.92 Å². The molecule has 0 bridgehead atoms. The summed E-state index contributed by atoms with van der Waals surface area (Å²) in [5, 5.41) is 3.25. The van der Waals surface area contributed by atoms with Crippen molar-refractivity contribution in [3.05, 3.63) is 48.7 Å². The Bertz CT molecular complexity index is 690. The van der Waals surface area contributed by atoms with Crippen LogP contribution in [0.1, 0.15) is 5.56 Å². The Morgan fingerprint density at radius 1 is 1.06 bits per heavy atom. The van der Waals surface area contributed by atoms with Gasteiger partial charge in [-0.25, -0.2) is 19.9 Å². The lowest BCUT2D eigenvalue weighted by Crippen LogP contribution is -1.97. The molecule has 3 rings (SSSR count). The number of nitrogens with one attached hydrogen (secondary N) is 1. The van der Waals surface area contributed by atoms with E-state index >= 15 is 0 Å². The summed E-state index contributed by atoms with van der Waals surface area (Å²) in [6.07, 6.45) is 4.67. The van der Waals surface area contributed by atoms with Gasteiger partial charge < -0.3 is 5.32 Å². The molecule has 0 saturated heterocycles. The minimum Gasteiger partial charge on any atom is -0.338 e. The molecule has 0 atom stereocenters. The number of aryl methyl sites for hydroxylation is 1. The number of hydrogen-bond donors (Lipinski definition) is 1. The number of benzene rings is 1. The van der Waals surface area contributed by atoms with Gasteiger partial charge in [0.05, 0.1) is 6.20 Å². The van der Waals surface area contributed by atoms with Crippen LogP contribution < -0.4 is 5.32 Å². The van der Waals surface area contributed by atoms with Crippen LogP contribution in [0.15, 0.2) is 43.1 Å². The van der Waals surface area contributed by atoms with Crippen molar-refractivity contribution in [3.8, 4) is 0 Å². The third kappa shape index (κ3) is 1.98. The molecular formula is C13H11N5. The fourth-order valence-electron chi connectivity index (χ4n) is 1.76. The van der Waals surface area contributed by atoms with E-state index in [1.807, 2.05) is 25.1 Å². The highest BCUT2D eigenvalue weighted by Gasteiger charge is 2.04. The summed E-state index contributed by atoms with van der Waals surface area (Å²) < 4.78 is 0. The van der Waals surface area contributed by atoms with Crippen LogP contribution >= 0.6 is 0 Å². The first-order valence-electron chi connectivity index (χ1n) is 5.57. The first-order chi connectivity index (χ1) is 8.83. The summed E-state index contributed by atoms with van der Waals surface area (Å²) in [7, 11) is 0. The zero-order valence-electron chi connectivity index (χ0n) is 9.83. The number of fused-ring (bicyclic) bond motifs is 1. The molecule has 18 heavy (non-hydrogen) atoms. The van der Waals surface area contributed by atoms with Gasteiger partial charge in [-0.05, 0) is 24.6 Å². The van der Waals surface area contributed by atoms with Crippen molar-refractivity contribution in [2.75, 3.05) is 5.32 Å². The fourth-order valence-corrected chi connectivity index (χ4v) is 1.76. The molecule has 2 heterocycles. The fraction of sp³-hybridized carbons (Fsp3) is 0.0769. The van der Waals surface area contributed by atoms with Crippen molar-refractivity contribution in [1.82, 2.24) is 19.9 Å². The molecule has 0 amide bonds. The second-order valence-electron chi connectivity index (χ2n) is 3.97. The summed E-state index contributed by atoms with van der Waals surface area (Å²) in [5.41, 5.74) is 3.61. The zero-order valence-corrected chi connectivity index (χ0v) is 9.83. The van der Waals surface area contributed by atoms with E-state index in [-0.39, 0.29) is 0 Å². The van der Waals surface area contributed by atoms with Gasteiger partial charge in [0.2, 0.25) is 0 Å². The third-order valence-electron chi connectivity index (χ3n) is 2.58. The molecular weight excluding hydrogens is 226 g/mol. The Hall–Kier alpha value is -2.56. The van der Waals surface area contributed by atoms with Crippen LogP contribution in [0.4, 0.5) is 11.5 Å². The van der Waals surface area contributed by atoms with Crippen LogP contribution in [-0.4, -0.2) is 19.9 Å². The maximum atomic E-state index is 4.22. The van der Waals surface area contributed by atoms with E-state index < -0.39 is 0 Å². The molecule has 0 radical (unpaired) electrons. The monoisotopic (exact) mass is 237 g/mol. The van der Waals surface area contributed by atoms with E-state index in [9.17, 15) is 0 Å². The van der Waals surface area contributed by atoms with Gasteiger partial charge in [-0.2, -0.15) is 0 Å². The first-order valence-corrected chi connectivity index (χ1v) is 5.57. The lowest BCUT2D eigenvalue weighted by molar-refractivity contribution is 1.15. The number of nitrogens with zero attached hydrogens (tertiary/aromatic N) is 4. The molecule has 0 spiro atoms. The number of aromatic nitrogens is 4. The van der Waals surface area contributed by atoms with E-state index in [4.69, 9.17) is 0 Å². The SMILES string of the molecule is Cc1cccc(Nc2ncnc3cncnc23)c1. The van der Waals surface area contributed by atoms with Crippen LogP contribution in [0.5, 0.6) is 0 Å². The third-order valence-corrected chi connectivity index (χ3v) is 2.58. The predicted octanol–water partition coefficient (Wildman–Crippen LogP) is 2.47. The van der Waals surface area contributed by atoms with E-state index in [0.717, 1.165) is 11.2 Å². The summed E-state index contributed by atoms with van der Waals surface area (Å²) in [5.74, 6) is 0.688. The van der Waals surface area contributed by atoms with Gasteiger partial charge in [-0.1, -0.05) is 12.1 Å². The van der Waals surface area contributed by atoms with E-state index in [1.165, 1.54) is 18.2 Å². The molecule has 1 N–H and O–H groups in total. The molecule has 0 aliphatic rings. The lowest BCUT2D eigenvalue weighted by atomic mass is 10.2. The topological polar surface area (TPSA) is 63.6 Å². The van der Waals surface area contributed by atoms with Gasteiger partial charge in [0.15, 0.2) is 5.82 Å². The molecule has 0 unspecified atom stereocenters. The van der Waals surface area contributed by atoms with Crippen molar-refractivity contribution in [2.24, 2.45) is 0 Å². The normalized spacial score (nSPS) is 10.5. The van der Waals surface area contributed by atoms with E-state index in [0.29, 0.717) is 11.3 Å². The molecule has 0 saturated carbocycles. The average Bonchev–Trinajstić information content (AvgIpc) is 2.39. The summed E-state index contributed by atoms with van der Waals surface area (Å²) in [6, 6.07) is 8.08. The largest absolute Gasteiger partial charge is 0.338 e. The number of rotatable bonds is 2. The number of anilines is 2. The van der Waals surface area contributed by atoms with Crippen molar-refractivity contribution < 1.29 is 0 Å². The summed E-state index contributed by atoms with van der Waals surface area (Å²) in [6.45, 7) is 2.05. The molecule has 2 aromatic heterocycles. The molecule has 1 aromatic carbocycles. The van der Waals surface area contributed by atoms with Crippen LogP contribution in [0.2, 0.25) is 0 Å². The maximum Gasteiger partial charge on any atom is 0.160 e. The molecule has 0 fully saturated rings. The number of hydrogen-bond acceptors (Lipinski definition) is 5. The Morgan fingerprint density at radius 2 is 2.00 bits per heavy atom. The Balaban J connectivity index is 2.05. The van der Waals surface area contributed by atoms with Gasteiger partial charge in [0, 0.05) is 5.69 Å². The van der Waals surface area contributed by atoms with Gasteiger partial charge in [0.1, 0.15) is 23.7 Å². The highest BCUT2D eigenvalue weighted by Crippen LogP contribution is 2.20. The molecule has 0 aliphatic carbocycles. The molecule has 5 nitrogen and oxygen atoms in total. The minimum atomic E-state index is 0.688. The van der Waals surface area contributed by atoms with Gasteiger partial charge in [-0.15, -0.1) is 0 Å². The Kier molecular flexibility index (Phi) is 2.57. The Morgan fingerprint density at radius 3 is 2.89 bits per heavy atom. The van der Waals surface area contributed by atoms with Gasteiger partial charge >= 0.3 is 0 Å². The lowest BCUT2D eigenvalue weighted by Gasteiger charge is -2.07. The summed E-state index contributed by atoms with van der Waals surface area (Å²) in [4.78, 5) is 16.5. The van der Waals surface area contributed by atoms with Crippen LogP contribution in [-0.2, 0) is 0 Å². The standard InChI is InChI=1S/C13H11N5/c1-9-3-2-4-10(5-9)18-13-12-11(15-8-17-13)6-14-7-16-12/h2-8H,1H3,(H,15,17,18). The average molecular weight is 237 g/mol. The maximum absolute atomic E-state index is 4.22. The van der Waals surface area contributed by atoms with Crippen molar-refractivity contribution in [3.63, 3.8) is 0 Å². The van der Waals surface area contributed by atoms with Crippen LogP contribution in [0.25, 0.3) is 11.0 Å².